The van der Waals surface area contributed by atoms with E-state index in [0.717, 1.165) is 17.0 Å². The Morgan fingerprint density at radius 2 is 1.87 bits per heavy atom. The molecule has 0 aliphatic rings. The number of aromatic nitrogens is 3. The number of carbonyl (C=O) groups is 1. The molecule has 194 valence electrons. The monoisotopic (exact) mass is 532 g/mol. The van der Waals surface area contributed by atoms with Crippen molar-refractivity contribution in [2.45, 2.75) is 11.8 Å². The van der Waals surface area contributed by atoms with E-state index >= 15 is 0 Å². The Balaban J connectivity index is 1.31. The molecule has 0 spiro atoms. The second-order valence-electron chi connectivity index (χ2n) is 7.94. The number of rotatable bonds is 11. The fraction of sp³-hybridized carbons (Fsp3) is 0.154. The molecule has 0 aliphatic carbocycles. The van der Waals surface area contributed by atoms with E-state index in [0.29, 0.717) is 22.2 Å². The second kappa shape index (κ2) is 12.5. The van der Waals surface area contributed by atoms with E-state index < -0.39 is 4.92 Å². The van der Waals surface area contributed by atoms with Crippen LogP contribution in [0.25, 0.3) is 11.4 Å². The highest BCUT2D eigenvalue weighted by atomic mass is 32.2. The number of carbonyl (C=O) groups excluding carboxylic acids is 1. The zero-order valence-electron chi connectivity index (χ0n) is 20.6. The Kier molecular flexibility index (Phi) is 8.67. The van der Waals surface area contributed by atoms with Crippen LogP contribution in [0.15, 0.2) is 83.1 Å². The van der Waals surface area contributed by atoms with Gasteiger partial charge in [-0.3, -0.25) is 14.9 Å². The summed E-state index contributed by atoms with van der Waals surface area (Å²) < 4.78 is 13.0. The van der Waals surface area contributed by atoms with E-state index in [4.69, 9.17) is 9.47 Å². The van der Waals surface area contributed by atoms with Crippen LogP contribution in [0.5, 0.6) is 11.5 Å². The molecule has 1 amide bonds. The molecule has 0 bridgehead atoms. The maximum atomic E-state index is 12.3. The molecule has 0 atom stereocenters. The van der Waals surface area contributed by atoms with Gasteiger partial charge in [-0.15, -0.1) is 10.2 Å². The molecular formula is C26H24N6O5S. The minimum Gasteiger partial charge on any atom is -0.493 e. The Hall–Kier alpha value is -4.71. The number of amides is 1. The smallest absolute Gasteiger partial charge is 0.269 e. The van der Waals surface area contributed by atoms with Gasteiger partial charge in [-0.05, 0) is 41.5 Å². The van der Waals surface area contributed by atoms with Crippen LogP contribution in [0.1, 0.15) is 11.1 Å². The number of hydrogen-bond acceptors (Lipinski definition) is 9. The van der Waals surface area contributed by atoms with Gasteiger partial charge in [0.05, 0.1) is 24.0 Å². The molecule has 0 radical (unpaired) electrons. The third kappa shape index (κ3) is 6.73. The third-order valence-electron chi connectivity index (χ3n) is 5.33. The maximum absolute atomic E-state index is 12.3. The number of thioether (sulfide) groups is 1. The predicted octanol–water partition coefficient (Wildman–Crippen LogP) is 4.22. The lowest BCUT2D eigenvalue weighted by Crippen LogP contribution is -2.19. The lowest BCUT2D eigenvalue weighted by Gasteiger charge is -2.11. The van der Waals surface area contributed by atoms with E-state index in [1.807, 2.05) is 41.9 Å². The number of non-ortho nitro benzene ring substituents is 1. The Morgan fingerprint density at radius 3 is 2.58 bits per heavy atom. The molecular weight excluding hydrogens is 508 g/mol. The van der Waals surface area contributed by atoms with Crippen molar-refractivity contribution in [1.82, 2.24) is 20.2 Å². The molecule has 3 aromatic carbocycles. The van der Waals surface area contributed by atoms with Crippen LogP contribution < -0.4 is 14.9 Å². The first-order valence-electron chi connectivity index (χ1n) is 11.4. The van der Waals surface area contributed by atoms with Crippen LogP contribution in [0.4, 0.5) is 5.69 Å². The number of hydrazone groups is 1. The van der Waals surface area contributed by atoms with Crippen LogP contribution >= 0.6 is 11.8 Å². The maximum Gasteiger partial charge on any atom is 0.269 e. The molecule has 4 aromatic rings. The van der Waals surface area contributed by atoms with Crippen molar-refractivity contribution in [2.75, 3.05) is 12.9 Å². The average Bonchev–Trinajstić information content (AvgIpc) is 3.31. The van der Waals surface area contributed by atoms with Gasteiger partial charge >= 0.3 is 0 Å². The summed E-state index contributed by atoms with van der Waals surface area (Å²) in [6, 6.07) is 21.0. The molecule has 11 nitrogen and oxygen atoms in total. The largest absolute Gasteiger partial charge is 0.493 e. The quantitative estimate of drug-likeness (QED) is 0.131. The zero-order chi connectivity index (χ0) is 26.9. The fourth-order valence-electron chi connectivity index (χ4n) is 3.38. The van der Waals surface area contributed by atoms with E-state index in [1.54, 1.807) is 30.3 Å². The molecule has 4 rings (SSSR count). The number of ether oxygens (including phenoxy) is 2. The first-order valence-corrected chi connectivity index (χ1v) is 12.4. The van der Waals surface area contributed by atoms with Crippen LogP contribution in [-0.2, 0) is 18.4 Å². The summed E-state index contributed by atoms with van der Waals surface area (Å²) in [5, 5.41) is 23.9. The molecule has 0 aliphatic heterocycles. The summed E-state index contributed by atoms with van der Waals surface area (Å²) in [5.41, 5.74) is 4.90. The van der Waals surface area contributed by atoms with Gasteiger partial charge in [0.25, 0.3) is 11.6 Å². The number of benzene rings is 3. The van der Waals surface area contributed by atoms with Crippen LogP contribution in [-0.4, -0.2) is 44.7 Å². The van der Waals surface area contributed by atoms with E-state index in [-0.39, 0.29) is 24.0 Å². The molecule has 38 heavy (non-hydrogen) atoms. The summed E-state index contributed by atoms with van der Waals surface area (Å²) in [6.07, 6.45) is 1.50. The van der Waals surface area contributed by atoms with Crippen molar-refractivity contribution in [1.29, 1.82) is 0 Å². The van der Waals surface area contributed by atoms with Crippen LogP contribution in [0, 0.1) is 10.1 Å². The van der Waals surface area contributed by atoms with Gasteiger partial charge in [-0.2, -0.15) is 5.10 Å². The number of hydrogen-bond donors (Lipinski definition) is 1. The zero-order valence-corrected chi connectivity index (χ0v) is 21.4. The molecule has 0 saturated carbocycles. The number of methoxy groups -OCH3 is 1. The van der Waals surface area contributed by atoms with Gasteiger partial charge in [0.2, 0.25) is 0 Å². The topological polar surface area (TPSA) is 134 Å². The van der Waals surface area contributed by atoms with Crippen LogP contribution in [0.3, 0.4) is 0 Å². The van der Waals surface area contributed by atoms with Crippen molar-refractivity contribution in [2.24, 2.45) is 12.1 Å². The highest BCUT2D eigenvalue weighted by molar-refractivity contribution is 7.99. The predicted molar refractivity (Wildman–Crippen MR) is 143 cm³/mol. The lowest BCUT2D eigenvalue weighted by atomic mass is 10.2. The van der Waals surface area contributed by atoms with Crippen molar-refractivity contribution < 1.29 is 19.2 Å². The highest BCUT2D eigenvalue weighted by Gasteiger charge is 2.13. The Labute approximate surface area is 222 Å². The number of nitrogens with one attached hydrogen (secondary N) is 1. The molecule has 0 saturated heterocycles. The Bertz CT molecular complexity index is 1440. The van der Waals surface area contributed by atoms with Crippen molar-refractivity contribution in [3.05, 3.63) is 94.0 Å². The summed E-state index contributed by atoms with van der Waals surface area (Å²) in [4.78, 5) is 22.7. The van der Waals surface area contributed by atoms with Crippen LogP contribution in [0.2, 0.25) is 0 Å². The second-order valence-corrected chi connectivity index (χ2v) is 8.88. The molecule has 0 unspecified atom stereocenters. The normalized spacial score (nSPS) is 10.9. The summed E-state index contributed by atoms with van der Waals surface area (Å²) in [7, 11) is 3.38. The van der Waals surface area contributed by atoms with E-state index in [1.165, 1.54) is 37.2 Å². The fourth-order valence-corrected chi connectivity index (χ4v) is 4.09. The number of nitro benzene ring substituents is 1. The molecule has 12 heteroatoms. The van der Waals surface area contributed by atoms with Gasteiger partial charge in [0.1, 0.15) is 6.61 Å². The lowest BCUT2D eigenvalue weighted by molar-refractivity contribution is -0.384. The average molecular weight is 533 g/mol. The number of nitro groups is 1. The minimum atomic E-state index is -0.453. The third-order valence-corrected chi connectivity index (χ3v) is 6.35. The first kappa shape index (κ1) is 26.4. The summed E-state index contributed by atoms with van der Waals surface area (Å²) in [5.74, 6) is 1.53. The molecule has 0 fully saturated rings. The van der Waals surface area contributed by atoms with E-state index in [9.17, 15) is 14.9 Å². The van der Waals surface area contributed by atoms with Crippen molar-refractivity contribution in [3.8, 4) is 22.9 Å². The van der Waals surface area contributed by atoms with Crippen molar-refractivity contribution >= 4 is 29.6 Å². The summed E-state index contributed by atoms with van der Waals surface area (Å²) in [6.45, 7) is 0.191. The molecule has 1 heterocycles. The summed E-state index contributed by atoms with van der Waals surface area (Å²) >= 11 is 1.26. The first-order chi connectivity index (χ1) is 18.4. The van der Waals surface area contributed by atoms with Gasteiger partial charge in [0, 0.05) is 24.7 Å². The molecule has 1 N–H and O–H groups in total. The Morgan fingerprint density at radius 1 is 1.11 bits per heavy atom. The van der Waals surface area contributed by atoms with E-state index in [2.05, 4.69) is 20.7 Å². The van der Waals surface area contributed by atoms with Crippen molar-refractivity contribution in [3.63, 3.8) is 0 Å². The minimum absolute atomic E-state index is 0.0125. The van der Waals surface area contributed by atoms with Gasteiger partial charge in [0.15, 0.2) is 22.5 Å². The SMILES string of the molecule is COc1ccc(/C=N/NC(=O)CSc2nnc(-c3ccccc3)n2C)cc1OCc1ccc([N+](=O)[O-])cc1. The van der Waals surface area contributed by atoms with Gasteiger partial charge in [-0.1, -0.05) is 42.1 Å². The van der Waals surface area contributed by atoms with Gasteiger partial charge in [-0.25, -0.2) is 5.43 Å². The molecule has 1 aromatic heterocycles. The number of nitrogens with zero attached hydrogens (tertiary/aromatic N) is 5. The highest BCUT2D eigenvalue weighted by Crippen LogP contribution is 2.28. The van der Waals surface area contributed by atoms with Gasteiger partial charge < -0.3 is 14.0 Å². The standard InChI is InChI=1S/C26H24N6O5S/c1-31-25(20-6-4-3-5-7-20)29-30-26(31)38-17-24(33)28-27-15-19-10-13-22(36-2)23(14-19)37-16-18-8-11-21(12-9-18)32(34)35/h3-15H,16-17H2,1-2H3,(H,28,33)/b27-15+.